The molecule has 0 bridgehead atoms. The van der Waals surface area contributed by atoms with Gasteiger partial charge in [-0.2, -0.15) is 0 Å². The summed E-state index contributed by atoms with van der Waals surface area (Å²) in [5, 5.41) is 9.24. The van der Waals surface area contributed by atoms with E-state index in [1.54, 1.807) is 12.0 Å². The predicted octanol–water partition coefficient (Wildman–Crippen LogP) is 2.05. The van der Waals surface area contributed by atoms with E-state index in [2.05, 4.69) is 0 Å². The van der Waals surface area contributed by atoms with Crippen molar-refractivity contribution in [3.8, 4) is 5.75 Å². The van der Waals surface area contributed by atoms with Gasteiger partial charge in [0.15, 0.2) is 0 Å². The summed E-state index contributed by atoms with van der Waals surface area (Å²) in [5.74, 6) is -0.495. The molecule has 1 aliphatic heterocycles. The molecule has 1 saturated heterocycles. The van der Waals surface area contributed by atoms with E-state index in [1.165, 1.54) is 0 Å². The van der Waals surface area contributed by atoms with Gasteiger partial charge >= 0.3 is 5.97 Å². The number of rotatable bonds is 4. The lowest BCUT2D eigenvalue weighted by Crippen LogP contribution is -2.43. The Bertz CT molecular complexity index is 608. The molecule has 1 heterocycles. The highest BCUT2D eigenvalue weighted by Crippen LogP contribution is 2.53. The topological polar surface area (TPSA) is 66.8 Å². The number of carboxylic acid groups (broad SMARTS) is 1. The van der Waals surface area contributed by atoms with E-state index in [9.17, 15) is 14.7 Å². The average Bonchev–Trinajstić information content (AvgIpc) is 3.23. The van der Waals surface area contributed by atoms with Crippen molar-refractivity contribution in [2.75, 3.05) is 13.7 Å². The first kappa shape index (κ1) is 14.9. The van der Waals surface area contributed by atoms with Gasteiger partial charge in [0.1, 0.15) is 5.75 Å². The normalized spacial score (nSPS) is 25.8. The maximum Gasteiger partial charge on any atom is 0.308 e. The van der Waals surface area contributed by atoms with Gasteiger partial charge in [0, 0.05) is 18.2 Å². The van der Waals surface area contributed by atoms with Crippen LogP contribution in [0, 0.1) is 5.92 Å². The van der Waals surface area contributed by atoms with Crippen LogP contribution in [0.15, 0.2) is 24.3 Å². The highest BCUT2D eigenvalue weighted by atomic mass is 16.5. The largest absolute Gasteiger partial charge is 0.496 e. The summed E-state index contributed by atoms with van der Waals surface area (Å²) < 4.78 is 5.41. The summed E-state index contributed by atoms with van der Waals surface area (Å²) in [4.78, 5) is 26.1. The molecule has 22 heavy (non-hydrogen) atoms. The summed E-state index contributed by atoms with van der Waals surface area (Å²) >= 11 is 0. The van der Waals surface area contributed by atoms with Crippen molar-refractivity contribution in [3.63, 3.8) is 0 Å². The van der Waals surface area contributed by atoms with Crippen LogP contribution in [0.25, 0.3) is 0 Å². The molecule has 118 valence electrons. The van der Waals surface area contributed by atoms with E-state index in [-0.39, 0.29) is 11.9 Å². The summed E-state index contributed by atoms with van der Waals surface area (Å²) in [5.41, 5.74) is 0.405. The van der Waals surface area contributed by atoms with Crippen molar-refractivity contribution in [2.45, 2.75) is 37.6 Å². The molecule has 1 aliphatic carbocycles. The number of hydrogen-bond acceptors (Lipinski definition) is 3. The lowest BCUT2D eigenvalue weighted by atomic mass is 9.92. The van der Waals surface area contributed by atoms with Crippen LogP contribution >= 0.6 is 0 Å². The molecule has 1 aromatic rings. The van der Waals surface area contributed by atoms with Gasteiger partial charge in [-0.15, -0.1) is 0 Å². The van der Waals surface area contributed by atoms with Gasteiger partial charge < -0.3 is 14.7 Å². The number of methoxy groups -OCH3 is 1. The van der Waals surface area contributed by atoms with E-state index in [1.807, 2.05) is 31.2 Å². The quantitative estimate of drug-likeness (QED) is 0.924. The summed E-state index contributed by atoms with van der Waals surface area (Å²) in [6.07, 6.45) is 2.13. The third kappa shape index (κ3) is 2.16. The number of carboxylic acids is 1. The number of nitrogens with zero attached hydrogens (tertiary/aromatic N) is 1. The molecule has 5 nitrogen and oxygen atoms in total. The van der Waals surface area contributed by atoms with Crippen LogP contribution in [-0.4, -0.2) is 41.6 Å². The Hall–Kier alpha value is -2.04. The first-order valence-corrected chi connectivity index (χ1v) is 7.68. The maximum atomic E-state index is 13.1. The minimum Gasteiger partial charge on any atom is -0.496 e. The van der Waals surface area contributed by atoms with Gasteiger partial charge in [-0.05, 0) is 32.3 Å². The zero-order valence-corrected chi connectivity index (χ0v) is 12.9. The number of aliphatic carboxylic acids is 1. The number of benzene rings is 1. The molecule has 1 N–H and O–H groups in total. The van der Waals surface area contributed by atoms with Crippen LogP contribution in [0.4, 0.5) is 0 Å². The summed E-state index contributed by atoms with van der Waals surface area (Å²) in [7, 11) is 1.61. The summed E-state index contributed by atoms with van der Waals surface area (Å²) in [6, 6.07) is 7.37. The second kappa shape index (κ2) is 5.30. The number of hydrogen-bond donors (Lipinski definition) is 1. The van der Waals surface area contributed by atoms with Crippen molar-refractivity contribution < 1.29 is 19.4 Å². The van der Waals surface area contributed by atoms with E-state index >= 15 is 0 Å². The van der Waals surface area contributed by atoms with Gasteiger partial charge in [0.2, 0.25) is 5.91 Å². The Morgan fingerprint density at radius 3 is 2.55 bits per heavy atom. The summed E-state index contributed by atoms with van der Waals surface area (Å²) in [6.45, 7) is 2.36. The Balaban J connectivity index is 1.88. The molecule has 0 spiro atoms. The second-order valence-electron chi connectivity index (χ2n) is 6.25. The van der Waals surface area contributed by atoms with Gasteiger partial charge in [-0.1, -0.05) is 18.2 Å². The first-order valence-electron chi connectivity index (χ1n) is 7.68. The lowest BCUT2D eigenvalue weighted by molar-refractivity contribution is -0.143. The average molecular weight is 303 g/mol. The van der Waals surface area contributed by atoms with Crippen LogP contribution in [0.5, 0.6) is 5.75 Å². The molecular weight excluding hydrogens is 282 g/mol. The molecule has 2 unspecified atom stereocenters. The molecule has 1 amide bonds. The van der Waals surface area contributed by atoms with Crippen LogP contribution in [0.2, 0.25) is 0 Å². The van der Waals surface area contributed by atoms with Gasteiger partial charge in [0.25, 0.3) is 0 Å². The van der Waals surface area contributed by atoms with E-state index < -0.39 is 17.3 Å². The van der Waals surface area contributed by atoms with Crippen LogP contribution in [0.3, 0.4) is 0 Å². The van der Waals surface area contributed by atoms with E-state index in [0.29, 0.717) is 13.0 Å². The molecule has 1 aromatic carbocycles. The molecule has 2 atom stereocenters. The monoisotopic (exact) mass is 303 g/mol. The van der Waals surface area contributed by atoms with Crippen molar-refractivity contribution in [3.05, 3.63) is 29.8 Å². The number of carbonyl (C=O) groups excluding carboxylic acids is 1. The SMILES string of the molecule is COc1ccccc1C1(C(=O)N2CCC(C(=O)O)C2C)CC1. The Morgan fingerprint density at radius 1 is 1.32 bits per heavy atom. The zero-order valence-electron chi connectivity index (χ0n) is 12.9. The highest BCUT2D eigenvalue weighted by molar-refractivity contribution is 5.93. The van der Waals surface area contributed by atoms with Gasteiger partial charge in [-0.3, -0.25) is 9.59 Å². The maximum absolute atomic E-state index is 13.1. The van der Waals surface area contributed by atoms with Crippen molar-refractivity contribution in [1.82, 2.24) is 4.90 Å². The molecule has 0 radical (unpaired) electrons. The standard InChI is InChI=1S/C17H21NO4/c1-11-12(15(19)20)7-10-18(11)16(21)17(8-9-17)13-5-3-4-6-14(13)22-2/h3-6,11-12H,7-10H2,1-2H3,(H,19,20). The fraction of sp³-hybridized carbons (Fsp3) is 0.529. The number of likely N-dealkylation sites (tertiary alicyclic amines) is 1. The Kier molecular flexibility index (Phi) is 3.59. The van der Waals surface area contributed by atoms with Crippen molar-refractivity contribution in [2.24, 2.45) is 5.92 Å². The molecule has 3 rings (SSSR count). The smallest absolute Gasteiger partial charge is 0.308 e. The molecule has 2 fully saturated rings. The number of amides is 1. The molecule has 0 aromatic heterocycles. The first-order chi connectivity index (χ1) is 10.5. The minimum atomic E-state index is -0.815. The second-order valence-corrected chi connectivity index (χ2v) is 6.25. The lowest BCUT2D eigenvalue weighted by Gasteiger charge is -2.29. The van der Waals surface area contributed by atoms with E-state index in [4.69, 9.17) is 4.74 Å². The van der Waals surface area contributed by atoms with Gasteiger partial charge in [-0.25, -0.2) is 0 Å². The van der Waals surface area contributed by atoms with Gasteiger partial charge in [0.05, 0.1) is 18.4 Å². The molecular formula is C17H21NO4. The minimum absolute atomic E-state index is 0.0493. The fourth-order valence-corrected chi connectivity index (χ4v) is 3.59. The predicted molar refractivity (Wildman–Crippen MR) is 80.8 cm³/mol. The van der Waals surface area contributed by atoms with Crippen molar-refractivity contribution in [1.29, 1.82) is 0 Å². The number of para-hydroxylation sites is 1. The molecule has 1 saturated carbocycles. The van der Waals surface area contributed by atoms with Crippen LogP contribution in [-0.2, 0) is 15.0 Å². The number of carbonyl (C=O) groups is 2. The highest BCUT2D eigenvalue weighted by Gasteiger charge is 2.56. The zero-order chi connectivity index (χ0) is 15.9. The third-order valence-corrected chi connectivity index (χ3v) is 5.11. The van der Waals surface area contributed by atoms with Crippen LogP contribution < -0.4 is 4.74 Å². The van der Waals surface area contributed by atoms with Crippen molar-refractivity contribution >= 4 is 11.9 Å². The van der Waals surface area contributed by atoms with E-state index in [0.717, 1.165) is 24.2 Å². The van der Waals surface area contributed by atoms with Crippen LogP contribution in [0.1, 0.15) is 31.7 Å². The fourth-order valence-electron chi connectivity index (χ4n) is 3.59. The number of ether oxygens (including phenoxy) is 1. The molecule has 5 heteroatoms. The Morgan fingerprint density at radius 2 is 2.00 bits per heavy atom. The Labute approximate surface area is 129 Å². The third-order valence-electron chi connectivity index (χ3n) is 5.11. The molecule has 2 aliphatic rings.